The summed E-state index contributed by atoms with van der Waals surface area (Å²) < 4.78 is 0. The number of rotatable bonds is 4. The van der Waals surface area contributed by atoms with Gasteiger partial charge in [0, 0.05) is 36.9 Å². The van der Waals surface area contributed by atoms with E-state index >= 15 is 0 Å². The Morgan fingerprint density at radius 3 is 2.81 bits per heavy atom. The Labute approximate surface area is 157 Å². The predicted octanol–water partition coefficient (Wildman–Crippen LogP) is 3.77. The molecule has 1 unspecified atom stereocenters. The fourth-order valence-corrected chi connectivity index (χ4v) is 4.88. The average molecular weight is 356 g/mol. The van der Waals surface area contributed by atoms with Gasteiger partial charge >= 0.3 is 0 Å². The minimum absolute atomic E-state index is 0.225. The highest BCUT2D eigenvalue weighted by Crippen LogP contribution is 2.27. The lowest BCUT2D eigenvalue weighted by atomic mass is 9.92. The summed E-state index contributed by atoms with van der Waals surface area (Å²) in [4.78, 5) is 17.6. The van der Waals surface area contributed by atoms with Gasteiger partial charge in [0.1, 0.15) is 0 Å². The molecule has 142 valence electrons. The zero-order valence-corrected chi connectivity index (χ0v) is 16.2. The van der Waals surface area contributed by atoms with Crippen molar-refractivity contribution in [3.05, 3.63) is 29.3 Å². The van der Waals surface area contributed by atoms with Crippen molar-refractivity contribution in [2.45, 2.75) is 57.9 Å². The van der Waals surface area contributed by atoms with Gasteiger partial charge in [-0.2, -0.15) is 0 Å². The van der Waals surface area contributed by atoms with Crippen LogP contribution in [0.4, 0.5) is 5.69 Å². The van der Waals surface area contributed by atoms with Gasteiger partial charge in [-0.15, -0.1) is 0 Å². The molecule has 1 atom stereocenters. The molecule has 0 bridgehead atoms. The summed E-state index contributed by atoms with van der Waals surface area (Å²) in [7, 11) is 0. The Morgan fingerprint density at radius 1 is 1.15 bits per heavy atom. The zero-order chi connectivity index (χ0) is 17.9. The maximum atomic E-state index is 12.9. The minimum Gasteiger partial charge on any atom is -0.384 e. The first kappa shape index (κ1) is 17.8. The predicted molar refractivity (Wildman–Crippen MR) is 107 cm³/mol. The Bertz CT molecular complexity index is 636. The van der Waals surface area contributed by atoms with E-state index in [0.717, 1.165) is 43.6 Å². The lowest BCUT2D eigenvalue weighted by molar-refractivity contribution is 0.0673. The van der Waals surface area contributed by atoms with E-state index in [1.807, 2.05) is 6.07 Å². The second kappa shape index (κ2) is 7.99. The molecule has 0 aliphatic carbocycles. The van der Waals surface area contributed by atoms with Crippen molar-refractivity contribution >= 4 is 11.6 Å². The van der Waals surface area contributed by atoms with E-state index in [9.17, 15) is 4.79 Å². The number of piperidine rings is 2. The summed E-state index contributed by atoms with van der Waals surface area (Å²) in [6.07, 6.45) is 8.80. The van der Waals surface area contributed by atoms with Crippen molar-refractivity contribution in [2.24, 2.45) is 5.92 Å². The quantitative estimate of drug-likeness (QED) is 0.893. The number of nitrogens with one attached hydrogen (secondary N) is 1. The molecular weight excluding hydrogens is 322 g/mol. The second-order valence-corrected chi connectivity index (χ2v) is 8.45. The van der Waals surface area contributed by atoms with Crippen LogP contribution in [0.3, 0.4) is 0 Å². The molecule has 0 aromatic heterocycles. The van der Waals surface area contributed by atoms with Gasteiger partial charge in [0.05, 0.1) is 0 Å². The third-order valence-electron chi connectivity index (χ3n) is 6.73. The van der Waals surface area contributed by atoms with Crippen molar-refractivity contribution in [3.8, 4) is 0 Å². The molecule has 0 spiro atoms. The molecular formula is C22H33N3O. The maximum Gasteiger partial charge on any atom is 0.253 e. The second-order valence-electron chi connectivity index (χ2n) is 8.45. The SMILES string of the molecule is CC1CCCCN1CCC1CCN(C(=O)c2ccc3c(c2)CCN3)CC1. The number of hydrogen-bond donors (Lipinski definition) is 1. The molecule has 1 aromatic rings. The Hall–Kier alpha value is -1.55. The normalized spacial score (nSPS) is 24.3. The highest BCUT2D eigenvalue weighted by molar-refractivity contribution is 5.95. The number of nitrogens with zero attached hydrogens (tertiary/aromatic N) is 2. The van der Waals surface area contributed by atoms with E-state index in [-0.39, 0.29) is 5.91 Å². The first-order valence-corrected chi connectivity index (χ1v) is 10.6. The van der Waals surface area contributed by atoms with Crippen LogP contribution in [0, 0.1) is 5.92 Å². The molecule has 4 rings (SSSR count). The smallest absolute Gasteiger partial charge is 0.253 e. The van der Waals surface area contributed by atoms with Crippen LogP contribution >= 0.6 is 0 Å². The molecule has 1 aromatic carbocycles. The number of likely N-dealkylation sites (tertiary alicyclic amines) is 2. The first-order valence-electron chi connectivity index (χ1n) is 10.6. The molecule has 1 N–H and O–H groups in total. The monoisotopic (exact) mass is 355 g/mol. The third-order valence-corrected chi connectivity index (χ3v) is 6.73. The summed E-state index contributed by atoms with van der Waals surface area (Å²) in [6.45, 7) is 7.76. The van der Waals surface area contributed by atoms with E-state index < -0.39 is 0 Å². The summed E-state index contributed by atoms with van der Waals surface area (Å²) in [5, 5.41) is 3.37. The van der Waals surface area contributed by atoms with E-state index in [1.165, 1.54) is 62.9 Å². The number of hydrogen-bond acceptors (Lipinski definition) is 3. The van der Waals surface area contributed by atoms with Gasteiger partial charge in [0.25, 0.3) is 5.91 Å². The van der Waals surface area contributed by atoms with E-state index in [2.05, 4.69) is 34.2 Å². The summed E-state index contributed by atoms with van der Waals surface area (Å²) in [5.41, 5.74) is 3.36. The topological polar surface area (TPSA) is 35.6 Å². The van der Waals surface area contributed by atoms with Crippen molar-refractivity contribution in [3.63, 3.8) is 0 Å². The lowest BCUT2D eigenvalue weighted by Crippen LogP contribution is -2.41. The molecule has 2 fully saturated rings. The number of anilines is 1. The van der Waals surface area contributed by atoms with Gasteiger partial charge in [-0.1, -0.05) is 6.42 Å². The molecule has 3 aliphatic heterocycles. The van der Waals surface area contributed by atoms with E-state index in [1.54, 1.807) is 0 Å². The first-order chi connectivity index (χ1) is 12.7. The largest absolute Gasteiger partial charge is 0.384 e. The number of benzene rings is 1. The van der Waals surface area contributed by atoms with Gasteiger partial charge in [-0.05, 0) is 88.2 Å². The van der Waals surface area contributed by atoms with Gasteiger partial charge in [0.15, 0.2) is 0 Å². The number of amides is 1. The molecule has 2 saturated heterocycles. The fourth-order valence-electron chi connectivity index (χ4n) is 4.88. The van der Waals surface area contributed by atoms with Crippen LogP contribution in [0.1, 0.15) is 61.4 Å². The van der Waals surface area contributed by atoms with E-state index in [0.29, 0.717) is 0 Å². The molecule has 4 nitrogen and oxygen atoms in total. The van der Waals surface area contributed by atoms with Gasteiger partial charge in [-0.3, -0.25) is 4.79 Å². The van der Waals surface area contributed by atoms with Crippen molar-refractivity contribution < 1.29 is 4.79 Å². The Balaban J connectivity index is 1.26. The molecule has 0 radical (unpaired) electrons. The summed E-state index contributed by atoms with van der Waals surface area (Å²) in [6, 6.07) is 6.92. The van der Waals surface area contributed by atoms with Crippen molar-refractivity contribution in [2.75, 3.05) is 38.0 Å². The molecule has 26 heavy (non-hydrogen) atoms. The van der Waals surface area contributed by atoms with Crippen LogP contribution in [0.25, 0.3) is 0 Å². The Kier molecular flexibility index (Phi) is 5.49. The molecule has 4 heteroatoms. The van der Waals surface area contributed by atoms with E-state index in [4.69, 9.17) is 0 Å². The molecule has 3 heterocycles. The number of carbonyl (C=O) groups excluding carboxylic acids is 1. The third kappa shape index (κ3) is 3.90. The van der Waals surface area contributed by atoms with Crippen molar-refractivity contribution in [1.29, 1.82) is 0 Å². The van der Waals surface area contributed by atoms with Crippen molar-refractivity contribution in [1.82, 2.24) is 9.80 Å². The standard InChI is InChI=1S/C22H33N3O/c1-17-4-2-3-12-24(17)13-8-18-9-14-25(15-10-18)22(26)20-5-6-21-19(16-20)7-11-23-21/h5-6,16-18,23H,2-4,7-15H2,1H3. The highest BCUT2D eigenvalue weighted by atomic mass is 16.2. The van der Waals surface area contributed by atoms with Crippen LogP contribution in [0.2, 0.25) is 0 Å². The zero-order valence-electron chi connectivity index (χ0n) is 16.2. The van der Waals surface area contributed by atoms with Gasteiger partial charge in [0.2, 0.25) is 0 Å². The molecule has 1 amide bonds. The number of fused-ring (bicyclic) bond motifs is 1. The van der Waals surface area contributed by atoms with Gasteiger partial charge < -0.3 is 15.1 Å². The lowest BCUT2D eigenvalue weighted by Gasteiger charge is -2.36. The number of carbonyl (C=O) groups is 1. The summed E-state index contributed by atoms with van der Waals surface area (Å²) in [5.74, 6) is 1.01. The minimum atomic E-state index is 0.225. The molecule has 0 saturated carbocycles. The van der Waals surface area contributed by atoms with Crippen LogP contribution in [0.15, 0.2) is 18.2 Å². The maximum absolute atomic E-state index is 12.9. The highest BCUT2D eigenvalue weighted by Gasteiger charge is 2.26. The van der Waals surface area contributed by atoms with Crippen LogP contribution in [-0.4, -0.2) is 54.5 Å². The van der Waals surface area contributed by atoms with Gasteiger partial charge in [-0.25, -0.2) is 0 Å². The van der Waals surface area contributed by atoms with Crippen LogP contribution < -0.4 is 5.32 Å². The fraction of sp³-hybridized carbons (Fsp3) is 0.682. The average Bonchev–Trinajstić information content (AvgIpc) is 3.15. The summed E-state index contributed by atoms with van der Waals surface area (Å²) >= 11 is 0. The molecule has 3 aliphatic rings. The Morgan fingerprint density at radius 2 is 2.00 bits per heavy atom. The van der Waals surface area contributed by atoms with Crippen LogP contribution in [-0.2, 0) is 6.42 Å². The van der Waals surface area contributed by atoms with Crippen LogP contribution in [0.5, 0.6) is 0 Å².